The number of furan rings is 1. The molecule has 0 radical (unpaired) electrons. The summed E-state index contributed by atoms with van der Waals surface area (Å²) in [4.78, 5) is 16.4. The Hall–Kier alpha value is -2.02. The van der Waals surface area contributed by atoms with Crippen molar-refractivity contribution in [3.63, 3.8) is 0 Å². The molecule has 2 aromatic heterocycles. The van der Waals surface area contributed by atoms with Gasteiger partial charge in [-0.3, -0.25) is 4.90 Å². The largest absolute Gasteiger partial charge is 0.490 e. The van der Waals surface area contributed by atoms with E-state index >= 15 is 0 Å². The van der Waals surface area contributed by atoms with E-state index in [1.165, 1.54) is 6.07 Å². The molecule has 1 aliphatic rings. The van der Waals surface area contributed by atoms with Gasteiger partial charge in [0.05, 0.1) is 13.4 Å². The molecule has 0 amide bonds. The number of hydrogen-bond donors (Lipinski definition) is 0. The summed E-state index contributed by atoms with van der Waals surface area (Å²) in [5.74, 6) is 0.477. The predicted molar refractivity (Wildman–Crippen MR) is 98.8 cm³/mol. The molecule has 0 atom stereocenters. The molecule has 3 heterocycles. The Balaban J connectivity index is 0.00000182. The summed E-state index contributed by atoms with van der Waals surface area (Å²) >= 11 is 0. The number of ether oxygens (including phenoxy) is 1. The maximum atomic E-state index is 11.7. The molecule has 0 bridgehead atoms. The molecule has 0 aliphatic carbocycles. The highest BCUT2D eigenvalue weighted by molar-refractivity contribution is 6.03. The van der Waals surface area contributed by atoms with E-state index in [2.05, 4.69) is 16.8 Å². The van der Waals surface area contributed by atoms with E-state index < -0.39 is 5.63 Å². The van der Waals surface area contributed by atoms with Crippen molar-refractivity contribution in [2.45, 2.75) is 6.54 Å². The molecule has 0 unspecified atom stereocenters. The number of benzene rings is 1. The first kappa shape index (κ1) is 17.8. The first-order valence-corrected chi connectivity index (χ1v) is 8.08. The van der Waals surface area contributed by atoms with Gasteiger partial charge < -0.3 is 18.5 Å². The van der Waals surface area contributed by atoms with Crippen LogP contribution in [-0.4, -0.2) is 50.1 Å². The molecule has 1 fully saturated rings. The van der Waals surface area contributed by atoms with Crippen molar-refractivity contribution in [2.24, 2.45) is 0 Å². The van der Waals surface area contributed by atoms with Crippen LogP contribution >= 0.6 is 12.4 Å². The van der Waals surface area contributed by atoms with Gasteiger partial charge >= 0.3 is 5.63 Å². The third-order valence-electron chi connectivity index (χ3n) is 4.74. The Kier molecular flexibility index (Phi) is 5.03. The molecule has 0 saturated carbocycles. The van der Waals surface area contributed by atoms with Gasteiger partial charge in [-0.05, 0) is 24.7 Å². The summed E-state index contributed by atoms with van der Waals surface area (Å²) in [6.07, 6.45) is 1.65. The second-order valence-electron chi connectivity index (χ2n) is 6.25. The van der Waals surface area contributed by atoms with Gasteiger partial charge in [-0.1, -0.05) is 0 Å². The van der Waals surface area contributed by atoms with E-state index in [0.29, 0.717) is 16.9 Å². The molecule has 25 heavy (non-hydrogen) atoms. The van der Waals surface area contributed by atoms with Crippen molar-refractivity contribution >= 4 is 34.3 Å². The van der Waals surface area contributed by atoms with Crippen molar-refractivity contribution in [3.05, 3.63) is 40.4 Å². The summed E-state index contributed by atoms with van der Waals surface area (Å²) in [5.41, 5.74) is 1.81. The van der Waals surface area contributed by atoms with Crippen molar-refractivity contribution in [3.8, 4) is 5.75 Å². The number of rotatable bonds is 3. The molecule has 0 N–H and O–H groups in total. The average molecular weight is 365 g/mol. The first-order chi connectivity index (χ1) is 11.7. The van der Waals surface area contributed by atoms with Gasteiger partial charge in [0.15, 0.2) is 11.2 Å². The first-order valence-electron chi connectivity index (χ1n) is 8.08. The minimum Gasteiger partial charge on any atom is -0.490 e. The molecule has 6 nitrogen and oxygen atoms in total. The lowest BCUT2D eigenvalue weighted by Gasteiger charge is -2.32. The highest BCUT2D eigenvalue weighted by Crippen LogP contribution is 2.38. The fraction of sp³-hybridized carbons (Fsp3) is 0.389. The number of halogens is 1. The highest BCUT2D eigenvalue weighted by Gasteiger charge is 2.22. The van der Waals surface area contributed by atoms with Gasteiger partial charge in [0.1, 0.15) is 0 Å². The monoisotopic (exact) mass is 364 g/mol. The van der Waals surface area contributed by atoms with Gasteiger partial charge in [0, 0.05) is 49.6 Å². The fourth-order valence-electron chi connectivity index (χ4n) is 3.38. The van der Waals surface area contributed by atoms with Crippen molar-refractivity contribution in [1.82, 2.24) is 9.80 Å². The van der Waals surface area contributed by atoms with Crippen LogP contribution in [0.2, 0.25) is 0 Å². The summed E-state index contributed by atoms with van der Waals surface area (Å²) in [7, 11) is 3.70. The Labute approximate surface area is 151 Å². The quantitative estimate of drug-likeness (QED) is 0.666. The summed E-state index contributed by atoms with van der Waals surface area (Å²) in [6, 6.07) is 5.23. The molecule has 7 heteroatoms. The standard InChI is InChI=1S/C18H20N2O4.ClH/c1-19-6-8-20(9-7-19)11-14-12-3-4-15(21)24-17(12)18(22-2)16-13(14)5-10-23-16;/h3-5,10H,6-9,11H2,1-2H3;1H. The van der Waals surface area contributed by atoms with Crippen LogP contribution in [0.3, 0.4) is 0 Å². The smallest absolute Gasteiger partial charge is 0.336 e. The molecular formula is C18H21ClN2O4. The van der Waals surface area contributed by atoms with Crippen molar-refractivity contribution in [1.29, 1.82) is 0 Å². The predicted octanol–water partition coefficient (Wildman–Crippen LogP) is 2.72. The van der Waals surface area contributed by atoms with Crippen LogP contribution in [0.25, 0.3) is 21.9 Å². The summed E-state index contributed by atoms with van der Waals surface area (Å²) in [6.45, 7) is 4.92. The maximum absolute atomic E-state index is 11.7. The van der Waals surface area contributed by atoms with Crippen LogP contribution in [0.1, 0.15) is 5.56 Å². The van der Waals surface area contributed by atoms with E-state index in [1.54, 1.807) is 13.4 Å². The van der Waals surface area contributed by atoms with Crippen LogP contribution in [0, 0.1) is 0 Å². The second-order valence-corrected chi connectivity index (χ2v) is 6.25. The third-order valence-corrected chi connectivity index (χ3v) is 4.74. The van der Waals surface area contributed by atoms with Gasteiger partial charge in [-0.2, -0.15) is 0 Å². The number of nitrogens with zero attached hydrogens (tertiary/aromatic N) is 2. The van der Waals surface area contributed by atoms with Gasteiger partial charge in [-0.15, -0.1) is 12.4 Å². The molecule has 1 saturated heterocycles. The van der Waals surface area contributed by atoms with E-state index in [1.807, 2.05) is 12.1 Å². The summed E-state index contributed by atoms with van der Waals surface area (Å²) < 4.78 is 16.5. The number of likely N-dealkylation sites (N-methyl/N-ethyl adjacent to an activating group) is 1. The second kappa shape index (κ2) is 7.07. The van der Waals surface area contributed by atoms with Crippen LogP contribution in [0.15, 0.2) is 38.1 Å². The van der Waals surface area contributed by atoms with Crippen LogP contribution in [0.5, 0.6) is 5.75 Å². The molecule has 1 aliphatic heterocycles. The molecule has 0 spiro atoms. The number of piperazine rings is 1. The minimum absolute atomic E-state index is 0. The van der Waals surface area contributed by atoms with E-state index in [9.17, 15) is 4.79 Å². The summed E-state index contributed by atoms with van der Waals surface area (Å²) in [5, 5.41) is 1.91. The molecule has 1 aromatic carbocycles. The zero-order chi connectivity index (χ0) is 16.7. The third kappa shape index (κ3) is 3.13. The van der Waals surface area contributed by atoms with Crippen LogP contribution < -0.4 is 10.4 Å². The van der Waals surface area contributed by atoms with Gasteiger partial charge in [-0.25, -0.2) is 4.79 Å². The normalized spacial score (nSPS) is 16.2. The van der Waals surface area contributed by atoms with E-state index in [-0.39, 0.29) is 12.4 Å². The number of hydrogen-bond acceptors (Lipinski definition) is 6. The van der Waals surface area contributed by atoms with Crippen molar-refractivity contribution in [2.75, 3.05) is 40.3 Å². The van der Waals surface area contributed by atoms with Crippen molar-refractivity contribution < 1.29 is 13.6 Å². The Morgan fingerprint density at radius 1 is 1.08 bits per heavy atom. The van der Waals surface area contributed by atoms with Gasteiger partial charge in [0.25, 0.3) is 0 Å². The highest BCUT2D eigenvalue weighted by atomic mass is 35.5. The number of methoxy groups -OCH3 is 1. The van der Waals surface area contributed by atoms with Gasteiger partial charge in [0.2, 0.25) is 5.75 Å². The lowest BCUT2D eigenvalue weighted by Crippen LogP contribution is -2.43. The molecule has 3 aromatic rings. The lowest BCUT2D eigenvalue weighted by atomic mass is 10.0. The van der Waals surface area contributed by atoms with Crippen LogP contribution in [-0.2, 0) is 6.54 Å². The average Bonchev–Trinajstić information content (AvgIpc) is 3.06. The molecule has 4 rings (SSSR count). The Bertz CT molecular complexity index is 941. The molecule has 134 valence electrons. The zero-order valence-corrected chi connectivity index (χ0v) is 15.1. The lowest BCUT2D eigenvalue weighted by molar-refractivity contribution is 0.149. The minimum atomic E-state index is -0.391. The van der Waals surface area contributed by atoms with E-state index in [4.69, 9.17) is 13.6 Å². The SMILES string of the molecule is COc1c2occc2c(CN2CCN(C)CC2)c2ccc(=O)oc12.Cl. The topological polar surface area (TPSA) is 59.1 Å². The maximum Gasteiger partial charge on any atom is 0.336 e. The van der Waals surface area contributed by atoms with E-state index in [0.717, 1.165) is 49.1 Å². The number of fused-ring (bicyclic) bond motifs is 2. The zero-order valence-electron chi connectivity index (χ0n) is 14.3. The molecular weight excluding hydrogens is 344 g/mol. The Morgan fingerprint density at radius 3 is 2.52 bits per heavy atom. The Morgan fingerprint density at radius 2 is 1.80 bits per heavy atom. The van der Waals surface area contributed by atoms with Crippen LogP contribution in [0.4, 0.5) is 0 Å². The fourth-order valence-corrected chi connectivity index (χ4v) is 3.38.